The van der Waals surface area contributed by atoms with Crippen molar-refractivity contribution in [2.24, 2.45) is 0 Å². The molecule has 2 aromatic rings. The molecule has 9 nitrogen and oxygen atoms in total. The van der Waals surface area contributed by atoms with E-state index in [-0.39, 0.29) is 10.8 Å². The summed E-state index contributed by atoms with van der Waals surface area (Å²) in [6.45, 7) is 3.80. The van der Waals surface area contributed by atoms with Crippen molar-refractivity contribution in [1.82, 2.24) is 4.31 Å². The van der Waals surface area contributed by atoms with Gasteiger partial charge in [0.1, 0.15) is 12.1 Å². The van der Waals surface area contributed by atoms with Crippen LogP contribution in [0.25, 0.3) is 0 Å². The van der Waals surface area contributed by atoms with E-state index in [1.54, 1.807) is 50.2 Å². The van der Waals surface area contributed by atoms with E-state index in [0.29, 0.717) is 11.4 Å². The van der Waals surface area contributed by atoms with Gasteiger partial charge >= 0.3 is 5.97 Å². The van der Waals surface area contributed by atoms with E-state index >= 15 is 0 Å². The van der Waals surface area contributed by atoms with E-state index in [1.165, 1.54) is 24.1 Å². The molecule has 0 fully saturated rings. The van der Waals surface area contributed by atoms with Crippen molar-refractivity contribution in [1.29, 1.82) is 0 Å². The molecule has 1 aliphatic heterocycles. The van der Waals surface area contributed by atoms with Crippen molar-refractivity contribution in [2.45, 2.75) is 31.2 Å². The number of sulfonamides is 1. The van der Waals surface area contributed by atoms with Gasteiger partial charge in [-0.15, -0.1) is 0 Å². The Bertz CT molecular complexity index is 1160. The monoisotopic (exact) mass is 459 g/mol. The van der Waals surface area contributed by atoms with Gasteiger partial charge in [-0.3, -0.25) is 19.3 Å². The molecule has 170 valence electrons. The van der Waals surface area contributed by atoms with E-state index in [2.05, 4.69) is 5.32 Å². The van der Waals surface area contributed by atoms with Crippen molar-refractivity contribution in [2.75, 3.05) is 30.4 Å². The molecule has 0 aliphatic carbocycles. The molecule has 0 spiro atoms. The van der Waals surface area contributed by atoms with Crippen LogP contribution < -0.4 is 10.2 Å². The van der Waals surface area contributed by atoms with Crippen LogP contribution in [0.4, 0.5) is 11.4 Å². The number of rotatable bonds is 6. The zero-order valence-electron chi connectivity index (χ0n) is 18.3. The maximum atomic E-state index is 12.9. The lowest BCUT2D eigenvalue weighted by Gasteiger charge is -2.41. The van der Waals surface area contributed by atoms with Gasteiger partial charge in [0.15, 0.2) is 6.61 Å². The highest BCUT2D eigenvalue weighted by Gasteiger charge is 2.43. The largest absolute Gasteiger partial charge is 0.455 e. The molecular weight excluding hydrogens is 434 g/mol. The lowest BCUT2D eigenvalue weighted by atomic mass is 9.96. The number of nitrogens with one attached hydrogen (secondary N) is 1. The van der Waals surface area contributed by atoms with Crippen molar-refractivity contribution in [3.8, 4) is 0 Å². The fourth-order valence-electron chi connectivity index (χ4n) is 3.31. The van der Waals surface area contributed by atoms with E-state index < -0.39 is 40.6 Å². The van der Waals surface area contributed by atoms with Crippen LogP contribution in [0.2, 0.25) is 0 Å². The number of fused-ring (bicyclic) bond motifs is 1. The van der Waals surface area contributed by atoms with Crippen LogP contribution in [0.5, 0.6) is 0 Å². The molecule has 3 rings (SSSR count). The summed E-state index contributed by atoms with van der Waals surface area (Å²) in [4.78, 5) is 38.9. The fourth-order valence-corrected chi connectivity index (χ4v) is 4.42. The number of nitrogens with zero attached hydrogens (tertiary/aromatic N) is 2. The summed E-state index contributed by atoms with van der Waals surface area (Å²) in [5.41, 5.74) is 0.654. The topological polar surface area (TPSA) is 113 Å². The number of carbonyl (C=O) groups excluding carboxylic acids is 3. The van der Waals surface area contributed by atoms with Crippen LogP contribution in [0.15, 0.2) is 53.4 Å². The normalized spacial score (nSPS) is 15.2. The molecule has 0 saturated heterocycles. The summed E-state index contributed by atoms with van der Waals surface area (Å²) in [7, 11) is -2.63. The molecule has 1 N–H and O–H groups in total. The Morgan fingerprint density at radius 2 is 1.72 bits per heavy atom. The summed E-state index contributed by atoms with van der Waals surface area (Å²) in [6, 6.07) is 13.0. The fraction of sp³-hybridized carbons (Fsp3) is 0.318. The van der Waals surface area contributed by atoms with Crippen LogP contribution in [-0.4, -0.2) is 56.2 Å². The quantitative estimate of drug-likeness (QED) is 0.661. The molecular formula is C22H25N3O6S. The minimum atomic E-state index is -3.89. The summed E-state index contributed by atoms with van der Waals surface area (Å²) >= 11 is 0. The standard InChI is InChI=1S/C22H25N3O6S/c1-15-9-11-16(12-10-15)32(29,30)24(4)13-20(27)31-14-19(26)25-18-8-6-5-7-17(18)23-21(28)22(25,2)3/h5-12H,13-14H2,1-4H3,(H,23,28). The molecule has 0 radical (unpaired) electrons. The number of para-hydroxylation sites is 2. The van der Waals surface area contributed by atoms with Gasteiger partial charge in [-0.05, 0) is 45.0 Å². The highest BCUT2D eigenvalue weighted by Crippen LogP contribution is 2.36. The Balaban J connectivity index is 1.67. The van der Waals surface area contributed by atoms with Crippen LogP contribution >= 0.6 is 0 Å². The average molecular weight is 460 g/mol. The second kappa shape index (κ2) is 8.71. The van der Waals surface area contributed by atoms with Gasteiger partial charge in [0.25, 0.3) is 5.91 Å². The Kier molecular flexibility index (Phi) is 6.38. The van der Waals surface area contributed by atoms with Crippen molar-refractivity contribution in [3.63, 3.8) is 0 Å². The predicted octanol–water partition coefficient (Wildman–Crippen LogP) is 1.92. The number of anilines is 2. The summed E-state index contributed by atoms with van der Waals surface area (Å²) < 4.78 is 31.2. The van der Waals surface area contributed by atoms with E-state index in [4.69, 9.17) is 4.74 Å². The third kappa shape index (κ3) is 4.51. The average Bonchev–Trinajstić information content (AvgIpc) is 2.73. The van der Waals surface area contributed by atoms with Gasteiger partial charge in [-0.25, -0.2) is 8.42 Å². The number of likely N-dealkylation sites (N-methyl/N-ethyl adjacent to an activating group) is 1. The van der Waals surface area contributed by atoms with Gasteiger partial charge in [0.05, 0.1) is 16.3 Å². The number of ether oxygens (including phenoxy) is 1. The van der Waals surface area contributed by atoms with Crippen molar-refractivity contribution in [3.05, 3.63) is 54.1 Å². The maximum Gasteiger partial charge on any atom is 0.321 e. The minimum Gasteiger partial charge on any atom is -0.455 e. The third-order valence-electron chi connectivity index (χ3n) is 5.19. The predicted molar refractivity (Wildman–Crippen MR) is 119 cm³/mol. The molecule has 1 heterocycles. The second-order valence-corrected chi connectivity index (χ2v) is 10.0. The van der Waals surface area contributed by atoms with Crippen LogP contribution in [0.3, 0.4) is 0 Å². The third-order valence-corrected chi connectivity index (χ3v) is 7.01. The van der Waals surface area contributed by atoms with E-state index in [1.807, 2.05) is 6.92 Å². The maximum absolute atomic E-state index is 12.9. The van der Waals surface area contributed by atoms with Gasteiger partial charge < -0.3 is 10.1 Å². The number of hydrogen-bond donors (Lipinski definition) is 1. The van der Waals surface area contributed by atoms with E-state index in [9.17, 15) is 22.8 Å². The lowest BCUT2D eigenvalue weighted by Crippen LogP contribution is -2.59. The molecule has 32 heavy (non-hydrogen) atoms. The zero-order chi connectivity index (χ0) is 23.7. The SMILES string of the molecule is Cc1ccc(S(=O)(=O)N(C)CC(=O)OCC(=O)N2c3ccccc3NC(=O)C2(C)C)cc1. The molecule has 0 aromatic heterocycles. The minimum absolute atomic E-state index is 0.0483. The zero-order valence-corrected chi connectivity index (χ0v) is 19.1. The van der Waals surface area contributed by atoms with Crippen LogP contribution in [-0.2, 0) is 29.1 Å². The molecule has 0 saturated carbocycles. The van der Waals surface area contributed by atoms with Crippen molar-refractivity contribution < 1.29 is 27.5 Å². The van der Waals surface area contributed by atoms with Crippen LogP contribution in [0.1, 0.15) is 19.4 Å². The van der Waals surface area contributed by atoms with Crippen LogP contribution in [0, 0.1) is 6.92 Å². The molecule has 0 atom stereocenters. The number of esters is 1. The first-order valence-corrected chi connectivity index (χ1v) is 11.3. The van der Waals surface area contributed by atoms with Gasteiger partial charge in [0.2, 0.25) is 15.9 Å². The van der Waals surface area contributed by atoms with Gasteiger partial charge in [0, 0.05) is 7.05 Å². The molecule has 0 unspecified atom stereocenters. The smallest absolute Gasteiger partial charge is 0.321 e. The van der Waals surface area contributed by atoms with Gasteiger partial charge in [-0.1, -0.05) is 29.8 Å². The Morgan fingerprint density at radius 3 is 2.38 bits per heavy atom. The summed E-state index contributed by atoms with van der Waals surface area (Å²) in [5, 5.41) is 2.75. The second-order valence-electron chi connectivity index (χ2n) is 7.99. The summed E-state index contributed by atoms with van der Waals surface area (Å²) in [5.74, 6) is -1.86. The molecule has 0 bridgehead atoms. The number of benzene rings is 2. The number of amides is 2. The lowest BCUT2D eigenvalue weighted by molar-refractivity contribution is -0.148. The first-order valence-electron chi connectivity index (χ1n) is 9.87. The Morgan fingerprint density at radius 1 is 1.09 bits per heavy atom. The highest BCUT2D eigenvalue weighted by atomic mass is 32.2. The van der Waals surface area contributed by atoms with Crippen molar-refractivity contribution >= 4 is 39.2 Å². The molecule has 2 aromatic carbocycles. The summed E-state index contributed by atoms with van der Waals surface area (Å²) in [6.07, 6.45) is 0. The molecule has 10 heteroatoms. The van der Waals surface area contributed by atoms with E-state index in [0.717, 1.165) is 9.87 Å². The molecule has 2 amide bonds. The Labute approximate surface area is 187 Å². The highest BCUT2D eigenvalue weighted by molar-refractivity contribution is 7.89. The van der Waals surface area contributed by atoms with Gasteiger partial charge in [-0.2, -0.15) is 4.31 Å². The first kappa shape index (κ1) is 23.4. The number of hydrogen-bond acceptors (Lipinski definition) is 6. The Hall–Kier alpha value is -3.24. The molecule has 1 aliphatic rings. The first-order chi connectivity index (χ1) is 14.9. The number of carbonyl (C=O) groups is 3. The number of aryl methyl sites for hydroxylation is 1.